The van der Waals surface area contributed by atoms with Crippen molar-refractivity contribution in [2.75, 3.05) is 18.0 Å². The predicted molar refractivity (Wildman–Crippen MR) is 67.6 cm³/mol. The van der Waals surface area contributed by atoms with Gasteiger partial charge in [0.1, 0.15) is 0 Å². The van der Waals surface area contributed by atoms with Crippen LogP contribution in [-0.2, 0) is 0 Å². The standard InChI is InChI=1S/C11H11BrN2O3/c12-9-5-8(7-15)10(14(16)17)6-11(9)13-3-1-2-4-13/h5-7H,1-4H2. The average Bonchev–Trinajstić information content (AvgIpc) is 2.81. The van der Waals surface area contributed by atoms with Gasteiger partial charge in [0.25, 0.3) is 5.69 Å². The molecule has 0 aliphatic carbocycles. The van der Waals surface area contributed by atoms with Gasteiger partial charge < -0.3 is 4.90 Å². The topological polar surface area (TPSA) is 63.5 Å². The maximum absolute atomic E-state index is 10.9. The summed E-state index contributed by atoms with van der Waals surface area (Å²) in [5.41, 5.74) is 0.759. The van der Waals surface area contributed by atoms with Gasteiger partial charge in [0.05, 0.1) is 16.2 Å². The van der Waals surface area contributed by atoms with Crippen LogP contribution < -0.4 is 4.90 Å². The smallest absolute Gasteiger partial charge is 0.282 e. The van der Waals surface area contributed by atoms with E-state index in [0.717, 1.165) is 36.1 Å². The van der Waals surface area contributed by atoms with Gasteiger partial charge in [0, 0.05) is 23.6 Å². The number of nitro benzene ring substituents is 1. The lowest BCUT2D eigenvalue weighted by Crippen LogP contribution is -2.18. The van der Waals surface area contributed by atoms with Crippen molar-refractivity contribution in [3.05, 3.63) is 32.3 Å². The van der Waals surface area contributed by atoms with Gasteiger partial charge in [0.2, 0.25) is 0 Å². The molecule has 0 spiro atoms. The third kappa shape index (κ3) is 2.31. The van der Waals surface area contributed by atoms with Crippen molar-refractivity contribution >= 4 is 33.6 Å². The van der Waals surface area contributed by atoms with Crippen molar-refractivity contribution in [2.45, 2.75) is 12.8 Å². The molecular weight excluding hydrogens is 288 g/mol. The fraction of sp³-hybridized carbons (Fsp3) is 0.364. The minimum absolute atomic E-state index is 0.102. The van der Waals surface area contributed by atoms with Crippen LogP contribution in [0.5, 0.6) is 0 Å². The number of benzene rings is 1. The molecular formula is C11H11BrN2O3. The Balaban J connectivity index is 2.49. The van der Waals surface area contributed by atoms with Crippen molar-refractivity contribution in [1.82, 2.24) is 0 Å². The van der Waals surface area contributed by atoms with Crippen LogP contribution in [0.3, 0.4) is 0 Å². The molecule has 0 radical (unpaired) electrons. The maximum atomic E-state index is 10.9. The second-order valence-electron chi connectivity index (χ2n) is 3.93. The van der Waals surface area contributed by atoms with Gasteiger partial charge in [-0.25, -0.2) is 0 Å². The lowest BCUT2D eigenvalue weighted by molar-refractivity contribution is -0.385. The molecule has 17 heavy (non-hydrogen) atoms. The van der Waals surface area contributed by atoms with E-state index in [4.69, 9.17) is 0 Å². The highest BCUT2D eigenvalue weighted by molar-refractivity contribution is 9.10. The third-order valence-electron chi connectivity index (χ3n) is 2.87. The molecule has 5 nitrogen and oxygen atoms in total. The number of hydrogen-bond donors (Lipinski definition) is 0. The number of carbonyl (C=O) groups is 1. The number of aldehydes is 1. The summed E-state index contributed by atoms with van der Waals surface area (Å²) in [5, 5.41) is 10.9. The van der Waals surface area contributed by atoms with Crippen LogP contribution in [0.4, 0.5) is 11.4 Å². The average molecular weight is 299 g/mol. The van der Waals surface area contributed by atoms with Gasteiger partial charge in [-0.05, 0) is 34.8 Å². The zero-order valence-electron chi connectivity index (χ0n) is 9.06. The van der Waals surface area contributed by atoms with Crippen molar-refractivity contribution in [2.24, 2.45) is 0 Å². The molecule has 2 rings (SSSR count). The van der Waals surface area contributed by atoms with Crippen LogP contribution in [-0.4, -0.2) is 24.3 Å². The van der Waals surface area contributed by atoms with Crippen molar-refractivity contribution in [1.29, 1.82) is 0 Å². The van der Waals surface area contributed by atoms with E-state index in [1.165, 1.54) is 12.1 Å². The molecule has 0 aromatic heterocycles. The lowest BCUT2D eigenvalue weighted by atomic mass is 10.1. The summed E-state index contributed by atoms with van der Waals surface area (Å²) in [6.45, 7) is 1.80. The fourth-order valence-electron chi connectivity index (χ4n) is 2.02. The Kier molecular flexibility index (Phi) is 3.42. The highest BCUT2D eigenvalue weighted by atomic mass is 79.9. The Bertz CT molecular complexity index is 470. The molecule has 0 N–H and O–H groups in total. The molecule has 0 unspecified atom stereocenters. The number of nitrogens with zero attached hydrogens (tertiary/aromatic N) is 2. The molecule has 1 saturated heterocycles. The third-order valence-corrected chi connectivity index (χ3v) is 3.50. The van der Waals surface area contributed by atoms with E-state index >= 15 is 0 Å². The van der Waals surface area contributed by atoms with Crippen LogP contribution in [0.15, 0.2) is 16.6 Å². The zero-order valence-corrected chi connectivity index (χ0v) is 10.6. The van der Waals surface area contributed by atoms with Gasteiger partial charge in [-0.1, -0.05) is 0 Å². The van der Waals surface area contributed by atoms with Crippen molar-refractivity contribution < 1.29 is 9.72 Å². The quantitative estimate of drug-likeness (QED) is 0.489. The SMILES string of the molecule is O=Cc1cc(Br)c(N2CCCC2)cc1[N+](=O)[O-]. The molecule has 1 heterocycles. The molecule has 0 bridgehead atoms. The van der Waals surface area contributed by atoms with Crippen LogP contribution >= 0.6 is 15.9 Å². The van der Waals surface area contributed by atoms with Gasteiger partial charge >= 0.3 is 0 Å². The van der Waals surface area contributed by atoms with Gasteiger partial charge in [-0.2, -0.15) is 0 Å². The van der Waals surface area contributed by atoms with Crippen molar-refractivity contribution in [3.63, 3.8) is 0 Å². The summed E-state index contributed by atoms with van der Waals surface area (Å²) in [5.74, 6) is 0. The number of nitro groups is 1. The van der Waals surface area contributed by atoms with Gasteiger partial charge in [0.15, 0.2) is 6.29 Å². The van der Waals surface area contributed by atoms with Crippen LogP contribution in [0.25, 0.3) is 0 Å². The van der Waals surface area contributed by atoms with E-state index in [0.29, 0.717) is 6.29 Å². The van der Waals surface area contributed by atoms with Gasteiger partial charge in [-0.3, -0.25) is 14.9 Å². The van der Waals surface area contributed by atoms with E-state index < -0.39 is 4.92 Å². The lowest BCUT2D eigenvalue weighted by Gasteiger charge is -2.19. The molecule has 0 atom stereocenters. The van der Waals surface area contributed by atoms with E-state index in [2.05, 4.69) is 20.8 Å². The Labute approximate surface area is 107 Å². The summed E-state index contributed by atoms with van der Waals surface area (Å²) in [6, 6.07) is 2.98. The van der Waals surface area contributed by atoms with E-state index in [-0.39, 0.29) is 11.3 Å². The van der Waals surface area contributed by atoms with Crippen LogP contribution in [0.1, 0.15) is 23.2 Å². The normalized spacial score (nSPS) is 15.0. The number of carbonyl (C=O) groups excluding carboxylic acids is 1. The number of rotatable bonds is 3. The fourth-order valence-corrected chi connectivity index (χ4v) is 2.63. The van der Waals surface area contributed by atoms with E-state index in [1.54, 1.807) is 0 Å². The van der Waals surface area contributed by atoms with Crippen molar-refractivity contribution in [3.8, 4) is 0 Å². The molecule has 90 valence electrons. The summed E-state index contributed by atoms with van der Waals surface area (Å²) in [6.07, 6.45) is 2.70. The highest BCUT2D eigenvalue weighted by Crippen LogP contribution is 2.34. The molecule has 1 aromatic rings. The van der Waals surface area contributed by atoms with E-state index in [9.17, 15) is 14.9 Å². The van der Waals surface area contributed by atoms with Crippen LogP contribution in [0, 0.1) is 10.1 Å². The molecule has 1 aliphatic heterocycles. The Morgan fingerprint density at radius 1 is 1.35 bits per heavy atom. The minimum Gasteiger partial charge on any atom is -0.370 e. The second-order valence-corrected chi connectivity index (χ2v) is 4.79. The first kappa shape index (κ1) is 12.0. The van der Waals surface area contributed by atoms with Gasteiger partial charge in [-0.15, -0.1) is 0 Å². The molecule has 1 aromatic carbocycles. The second kappa shape index (κ2) is 4.83. The Morgan fingerprint density at radius 2 is 2.00 bits per heavy atom. The first-order chi connectivity index (χ1) is 8.13. The largest absolute Gasteiger partial charge is 0.370 e. The molecule has 1 aliphatic rings. The summed E-state index contributed by atoms with van der Waals surface area (Å²) in [7, 11) is 0. The summed E-state index contributed by atoms with van der Waals surface area (Å²) < 4.78 is 0.729. The Morgan fingerprint density at radius 3 is 2.53 bits per heavy atom. The molecule has 0 amide bonds. The first-order valence-electron chi connectivity index (χ1n) is 5.31. The molecule has 1 fully saturated rings. The Hall–Kier alpha value is -1.43. The minimum atomic E-state index is -0.518. The van der Waals surface area contributed by atoms with E-state index in [1.807, 2.05) is 0 Å². The molecule has 6 heteroatoms. The predicted octanol–water partition coefficient (Wildman–Crippen LogP) is 2.77. The monoisotopic (exact) mass is 298 g/mol. The number of halogens is 1. The highest BCUT2D eigenvalue weighted by Gasteiger charge is 2.21. The molecule has 0 saturated carbocycles. The zero-order chi connectivity index (χ0) is 12.4. The number of hydrogen-bond acceptors (Lipinski definition) is 4. The maximum Gasteiger partial charge on any atom is 0.282 e. The summed E-state index contributed by atoms with van der Waals surface area (Å²) in [4.78, 5) is 23.2. The first-order valence-corrected chi connectivity index (χ1v) is 6.11. The number of anilines is 1. The summed E-state index contributed by atoms with van der Waals surface area (Å²) >= 11 is 3.36. The van der Waals surface area contributed by atoms with Crippen LogP contribution in [0.2, 0.25) is 0 Å².